The largest absolute Gasteiger partial charge is 0.481 e. The van der Waals surface area contributed by atoms with Gasteiger partial charge in [0.05, 0.1) is 5.41 Å². The molecule has 6 heteroatoms. The lowest BCUT2D eigenvalue weighted by atomic mass is 9.94. The standard InChI is InChI=1S/C14H18FNO3S/c1-14(2,13(18)19)9-16-12(17)7-8-20-11-6-4-3-5-10(11)15/h3-6H,7-9H2,1-2H3,(H,16,17)(H,18,19). The summed E-state index contributed by atoms with van der Waals surface area (Å²) >= 11 is 1.26. The van der Waals surface area contributed by atoms with Crippen molar-refractivity contribution in [3.8, 4) is 0 Å². The van der Waals surface area contributed by atoms with Crippen LogP contribution in [0.15, 0.2) is 29.2 Å². The molecule has 0 atom stereocenters. The average Bonchev–Trinajstić information content (AvgIpc) is 2.38. The molecule has 0 saturated heterocycles. The van der Waals surface area contributed by atoms with E-state index in [0.717, 1.165) is 0 Å². The van der Waals surface area contributed by atoms with E-state index < -0.39 is 11.4 Å². The molecule has 0 radical (unpaired) electrons. The molecule has 0 bridgehead atoms. The van der Waals surface area contributed by atoms with Crippen LogP contribution in [0.4, 0.5) is 4.39 Å². The van der Waals surface area contributed by atoms with E-state index in [4.69, 9.17) is 5.11 Å². The molecule has 110 valence electrons. The third-order valence-corrected chi connectivity index (χ3v) is 3.78. The summed E-state index contributed by atoms with van der Waals surface area (Å²) in [4.78, 5) is 23.0. The Bertz CT molecular complexity index is 491. The Balaban J connectivity index is 2.31. The quantitative estimate of drug-likeness (QED) is 0.759. The van der Waals surface area contributed by atoms with Gasteiger partial charge >= 0.3 is 5.97 Å². The second-order valence-corrected chi connectivity index (χ2v) is 6.13. The van der Waals surface area contributed by atoms with Crippen LogP contribution in [0.1, 0.15) is 20.3 Å². The highest BCUT2D eigenvalue weighted by molar-refractivity contribution is 7.99. The molecule has 20 heavy (non-hydrogen) atoms. The van der Waals surface area contributed by atoms with Crippen molar-refractivity contribution in [2.24, 2.45) is 5.41 Å². The summed E-state index contributed by atoms with van der Waals surface area (Å²) in [6.45, 7) is 3.17. The molecule has 0 aliphatic heterocycles. The number of halogens is 1. The lowest BCUT2D eigenvalue weighted by Gasteiger charge is -2.19. The number of carbonyl (C=O) groups excluding carboxylic acids is 1. The van der Waals surface area contributed by atoms with Gasteiger partial charge in [-0.1, -0.05) is 12.1 Å². The molecule has 0 fully saturated rings. The zero-order chi connectivity index (χ0) is 15.2. The number of carboxylic acids is 1. The van der Waals surface area contributed by atoms with Crippen molar-refractivity contribution in [2.45, 2.75) is 25.2 Å². The van der Waals surface area contributed by atoms with Crippen molar-refractivity contribution in [2.75, 3.05) is 12.3 Å². The van der Waals surface area contributed by atoms with Gasteiger partial charge < -0.3 is 10.4 Å². The van der Waals surface area contributed by atoms with Crippen LogP contribution in [0.25, 0.3) is 0 Å². The lowest BCUT2D eigenvalue weighted by Crippen LogP contribution is -2.38. The Morgan fingerprint density at radius 1 is 1.35 bits per heavy atom. The van der Waals surface area contributed by atoms with E-state index in [-0.39, 0.29) is 24.7 Å². The first kappa shape index (κ1) is 16.5. The molecular formula is C14H18FNO3S. The molecule has 1 rings (SSSR count). The highest BCUT2D eigenvalue weighted by atomic mass is 32.2. The fourth-order valence-electron chi connectivity index (χ4n) is 1.30. The van der Waals surface area contributed by atoms with Gasteiger partial charge in [0.15, 0.2) is 0 Å². The Morgan fingerprint density at radius 3 is 2.60 bits per heavy atom. The molecule has 0 saturated carbocycles. The molecule has 1 amide bonds. The van der Waals surface area contributed by atoms with E-state index in [2.05, 4.69) is 5.32 Å². The number of amides is 1. The molecule has 1 aromatic carbocycles. The minimum absolute atomic E-state index is 0.0749. The molecule has 4 nitrogen and oxygen atoms in total. The molecule has 0 spiro atoms. The third kappa shape index (κ3) is 5.21. The summed E-state index contributed by atoms with van der Waals surface area (Å²) in [5.74, 6) is -1.05. The van der Waals surface area contributed by atoms with Crippen LogP contribution < -0.4 is 5.32 Å². The zero-order valence-corrected chi connectivity index (χ0v) is 12.3. The number of hydrogen-bond donors (Lipinski definition) is 2. The van der Waals surface area contributed by atoms with Crippen LogP contribution >= 0.6 is 11.8 Å². The van der Waals surface area contributed by atoms with Crippen molar-refractivity contribution in [1.29, 1.82) is 0 Å². The second kappa shape index (κ2) is 7.28. The SMILES string of the molecule is CC(C)(CNC(=O)CCSc1ccccc1F)C(=O)O. The zero-order valence-electron chi connectivity index (χ0n) is 11.5. The van der Waals surface area contributed by atoms with Crippen molar-refractivity contribution < 1.29 is 19.1 Å². The van der Waals surface area contributed by atoms with E-state index in [1.54, 1.807) is 32.0 Å². The van der Waals surface area contributed by atoms with Gasteiger partial charge in [-0.25, -0.2) is 4.39 Å². The Kier molecular flexibility index (Phi) is 6.01. The van der Waals surface area contributed by atoms with Crippen LogP contribution in [0, 0.1) is 11.2 Å². The van der Waals surface area contributed by atoms with Gasteiger partial charge in [0, 0.05) is 23.6 Å². The van der Waals surface area contributed by atoms with Crippen LogP contribution in [-0.2, 0) is 9.59 Å². The number of nitrogens with one attached hydrogen (secondary N) is 1. The molecule has 0 aromatic heterocycles. The molecule has 2 N–H and O–H groups in total. The van der Waals surface area contributed by atoms with Crippen LogP contribution in [0.3, 0.4) is 0 Å². The van der Waals surface area contributed by atoms with E-state index >= 15 is 0 Å². The van der Waals surface area contributed by atoms with Gasteiger partial charge in [0.2, 0.25) is 5.91 Å². The summed E-state index contributed by atoms with van der Waals surface area (Å²) in [6, 6.07) is 6.38. The van der Waals surface area contributed by atoms with Crippen molar-refractivity contribution in [1.82, 2.24) is 5.32 Å². The number of hydrogen-bond acceptors (Lipinski definition) is 3. The van der Waals surface area contributed by atoms with Gasteiger partial charge in [-0.15, -0.1) is 11.8 Å². The van der Waals surface area contributed by atoms with Gasteiger partial charge in [0.25, 0.3) is 0 Å². The summed E-state index contributed by atoms with van der Waals surface area (Å²) in [5, 5.41) is 11.5. The van der Waals surface area contributed by atoms with E-state index in [0.29, 0.717) is 10.6 Å². The minimum atomic E-state index is -0.992. The van der Waals surface area contributed by atoms with Gasteiger partial charge in [0.1, 0.15) is 5.82 Å². The lowest BCUT2D eigenvalue weighted by molar-refractivity contribution is -0.146. The topological polar surface area (TPSA) is 66.4 Å². The summed E-state index contributed by atoms with van der Waals surface area (Å²) in [7, 11) is 0. The highest BCUT2D eigenvalue weighted by Crippen LogP contribution is 2.21. The fourth-order valence-corrected chi connectivity index (χ4v) is 2.19. The predicted octanol–water partition coefficient (Wildman–Crippen LogP) is 2.53. The molecule has 1 aromatic rings. The molecule has 0 aliphatic rings. The first-order valence-corrected chi connectivity index (χ1v) is 7.19. The normalized spacial score (nSPS) is 11.2. The first-order chi connectivity index (χ1) is 9.33. The highest BCUT2D eigenvalue weighted by Gasteiger charge is 2.27. The average molecular weight is 299 g/mol. The molecular weight excluding hydrogens is 281 g/mol. The van der Waals surface area contributed by atoms with E-state index in [1.165, 1.54) is 17.8 Å². The number of carboxylic acid groups (broad SMARTS) is 1. The molecule has 0 unspecified atom stereocenters. The Hall–Kier alpha value is -1.56. The number of carbonyl (C=O) groups is 2. The number of rotatable bonds is 7. The van der Waals surface area contributed by atoms with E-state index in [9.17, 15) is 14.0 Å². The molecule has 0 aliphatic carbocycles. The second-order valence-electron chi connectivity index (χ2n) is 4.99. The predicted molar refractivity (Wildman–Crippen MR) is 76.2 cm³/mol. The number of thioether (sulfide) groups is 1. The van der Waals surface area contributed by atoms with Gasteiger partial charge in [-0.3, -0.25) is 9.59 Å². The first-order valence-electron chi connectivity index (χ1n) is 6.20. The Morgan fingerprint density at radius 2 is 2.00 bits per heavy atom. The fraction of sp³-hybridized carbons (Fsp3) is 0.429. The summed E-state index contributed by atoms with van der Waals surface area (Å²) < 4.78 is 13.3. The minimum Gasteiger partial charge on any atom is -0.481 e. The summed E-state index contributed by atoms with van der Waals surface area (Å²) in [6.07, 6.45) is 0.217. The monoisotopic (exact) mass is 299 g/mol. The van der Waals surface area contributed by atoms with Gasteiger partial charge in [-0.2, -0.15) is 0 Å². The van der Waals surface area contributed by atoms with Crippen LogP contribution in [-0.4, -0.2) is 29.3 Å². The maximum Gasteiger partial charge on any atom is 0.310 e. The number of benzene rings is 1. The number of aliphatic carboxylic acids is 1. The maximum absolute atomic E-state index is 13.3. The molecule has 0 heterocycles. The maximum atomic E-state index is 13.3. The summed E-state index contributed by atoms with van der Waals surface area (Å²) in [5.41, 5.74) is -0.992. The third-order valence-electron chi connectivity index (χ3n) is 2.73. The van der Waals surface area contributed by atoms with Crippen molar-refractivity contribution in [3.63, 3.8) is 0 Å². The van der Waals surface area contributed by atoms with Gasteiger partial charge in [-0.05, 0) is 26.0 Å². The smallest absolute Gasteiger partial charge is 0.310 e. The van der Waals surface area contributed by atoms with Crippen molar-refractivity contribution >= 4 is 23.6 Å². The van der Waals surface area contributed by atoms with Crippen LogP contribution in [0.2, 0.25) is 0 Å². The Labute approximate surface area is 121 Å². The van der Waals surface area contributed by atoms with Crippen molar-refractivity contribution in [3.05, 3.63) is 30.1 Å². The van der Waals surface area contributed by atoms with E-state index in [1.807, 2.05) is 0 Å². The van der Waals surface area contributed by atoms with Crippen LogP contribution in [0.5, 0.6) is 0 Å².